The Hall–Kier alpha value is -0.700. The smallest absolute Gasteiger partial charge is 0.355 e. The van der Waals surface area contributed by atoms with Crippen molar-refractivity contribution in [3.05, 3.63) is 4.91 Å². The third-order valence-electron chi connectivity index (χ3n) is 1.70. The van der Waals surface area contributed by atoms with E-state index in [0.717, 1.165) is 0 Å². The summed E-state index contributed by atoms with van der Waals surface area (Å²) in [5.74, 6) is 0. The van der Waals surface area contributed by atoms with Crippen LogP contribution in [0.5, 0.6) is 0 Å². The van der Waals surface area contributed by atoms with Crippen LogP contribution >= 0.6 is 0 Å². The number of rotatable bonds is 1. The maximum atomic E-state index is 10.2. The Morgan fingerprint density at radius 1 is 1.64 bits per heavy atom. The third-order valence-corrected chi connectivity index (χ3v) is 1.70. The Morgan fingerprint density at radius 3 is 2.91 bits per heavy atom. The summed E-state index contributed by atoms with van der Waals surface area (Å²) in [7, 11) is 1.56. The Labute approximate surface area is 65.2 Å². The van der Waals surface area contributed by atoms with Crippen LogP contribution in [0.2, 0.25) is 0 Å². The molecule has 1 aliphatic heterocycles. The van der Waals surface area contributed by atoms with Crippen LogP contribution in [0.1, 0.15) is 19.8 Å². The lowest BCUT2D eigenvalue weighted by Crippen LogP contribution is -2.33. The molecule has 1 rings (SSSR count). The zero-order valence-electron chi connectivity index (χ0n) is 6.74. The summed E-state index contributed by atoms with van der Waals surface area (Å²) in [6, 6.07) is 0. The van der Waals surface area contributed by atoms with Crippen LogP contribution in [0.3, 0.4) is 0 Å². The molecule has 0 radical (unpaired) electrons. The van der Waals surface area contributed by atoms with Crippen molar-refractivity contribution in [1.29, 1.82) is 0 Å². The lowest BCUT2D eigenvalue weighted by molar-refractivity contribution is -0.152. The summed E-state index contributed by atoms with van der Waals surface area (Å²) in [5, 5.41) is 0. The van der Waals surface area contributed by atoms with Gasteiger partial charge in [-0.2, -0.15) is 0 Å². The largest absolute Gasteiger partial charge is 0.357 e. The van der Waals surface area contributed by atoms with E-state index < -0.39 is 0 Å². The van der Waals surface area contributed by atoms with E-state index in [0.29, 0.717) is 18.6 Å². The lowest BCUT2D eigenvalue weighted by Gasteiger charge is -2.22. The number of nitroso groups, excluding NO2 is 1. The molecule has 1 saturated heterocycles. The third kappa shape index (κ3) is 2.12. The molecule has 11 heavy (non-hydrogen) atoms. The van der Waals surface area contributed by atoms with Crippen molar-refractivity contribution in [2.45, 2.75) is 32.2 Å². The van der Waals surface area contributed by atoms with Crippen LogP contribution in [0.15, 0.2) is 0 Å². The van der Waals surface area contributed by atoms with Crippen molar-refractivity contribution in [2.24, 2.45) is 0 Å². The van der Waals surface area contributed by atoms with E-state index >= 15 is 0 Å². The van der Waals surface area contributed by atoms with Crippen LogP contribution in [0.25, 0.3) is 0 Å². The second-order valence-electron chi connectivity index (χ2n) is 2.68. The van der Waals surface area contributed by atoms with Crippen molar-refractivity contribution in [3.63, 3.8) is 0 Å². The second-order valence-corrected chi connectivity index (χ2v) is 2.68. The number of hydrogen-bond donors (Lipinski definition) is 0. The van der Waals surface area contributed by atoms with Gasteiger partial charge in [-0.3, -0.25) is 0 Å². The molecule has 62 valence electrons. The number of nitrogens with zero attached hydrogens (tertiary/aromatic N) is 1. The van der Waals surface area contributed by atoms with Crippen molar-refractivity contribution in [2.75, 3.05) is 7.11 Å². The molecule has 0 spiro atoms. The van der Waals surface area contributed by atoms with Gasteiger partial charge in [0.25, 0.3) is 0 Å². The van der Waals surface area contributed by atoms with Gasteiger partial charge in [-0.15, -0.1) is 0 Å². The van der Waals surface area contributed by atoms with Gasteiger partial charge in [0.15, 0.2) is 11.2 Å². The fourth-order valence-electron chi connectivity index (χ4n) is 1.18. The van der Waals surface area contributed by atoms with Gasteiger partial charge in [-0.25, -0.2) is 0 Å². The molecule has 0 aromatic carbocycles. The quantitative estimate of drug-likeness (QED) is 0.520. The monoisotopic (exact) mass is 158 g/mol. The van der Waals surface area contributed by atoms with Gasteiger partial charge in [0.2, 0.25) is 4.85 Å². The summed E-state index contributed by atoms with van der Waals surface area (Å²) < 4.78 is 10.3. The van der Waals surface area contributed by atoms with Crippen molar-refractivity contribution in [3.8, 4) is 0 Å². The zero-order valence-corrected chi connectivity index (χ0v) is 6.74. The Bertz CT molecular complexity index is 186. The van der Waals surface area contributed by atoms with E-state index in [-0.39, 0.29) is 12.4 Å². The standard InChI is InChI=1S/C7H12NO3/c1-5-3-6(8-9)4-7(10-2)11-5/h5,7H,3-4H2,1-2H3/q+1. The molecule has 0 aromatic heterocycles. The van der Waals surface area contributed by atoms with Crippen LogP contribution in [0.4, 0.5) is 0 Å². The molecule has 2 atom stereocenters. The first-order valence-electron chi connectivity index (χ1n) is 3.62. The molecule has 0 saturated carbocycles. The highest BCUT2D eigenvalue weighted by Gasteiger charge is 2.31. The molecule has 1 aliphatic rings. The highest BCUT2D eigenvalue weighted by Crippen LogP contribution is 2.15. The predicted molar refractivity (Wildman–Crippen MR) is 41.1 cm³/mol. The first-order valence-corrected chi connectivity index (χ1v) is 3.62. The molecule has 4 nitrogen and oxygen atoms in total. The Morgan fingerprint density at radius 2 is 2.36 bits per heavy atom. The molecule has 0 aromatic rings. The molecule has 4 heteroatoms. The molecule has 2 unspecified atom stereocenters. The maximum absolute atomic E-state index is 10.2. The summed E-state index contributed by atoms with van der Waals surface area (Å²) >= 11 is 0. The van der Waals surface area contributed by atoms with Crippen LogP contribution in [-0.2, 0) is 9.47 Å². The molecular formula is C7H12NO3+. The van der Waals surface area contributed by atoms with Crippen LogP contribution in [-0.4, -0.2) is 25.2 Å². The highest BCUT2D eigenvalue weighted by atomic mass is 16.7. The average molecular weight is 158 g/mol. The normalized spacial score (nSPS) is 31.6. The Kier molecular flexibility index (Phi) is 2.76. The minimum atomic E-state index is -0.286. The van der Waals surface area contributed by atoms with Gasteiger partial charge < -0.3 is 9.47 Å². The number of methoxy groups -OCH3 is 1. The first-order chi connectivity index (χ1) is 5.26. The molecule has 1 heterocycles. The van der Waals surface area contributed by atoms with E-state index in [9.17, 15) is 4.91 Å². The van der Waals surface area contributed by atoms with Crippen molar-refractivity contribution in [1.82, 2.24) is 4.85 Å². The van der Waals surface area contributed by atoms with Gasteiger partial charge in [-0.1, -0.05) is 0 Å². The summed E-state index contributed by atoms with van der Waals surface area (Å²) in [6.45, 7) is 1.90. The fraction of sp³-hybridized carbons (Fsp3) is 0.857. The van der Waals surface area contributed by atoms with Crippen LogP contribution in [0, 0.1) is 4.91 Å². The zero-order chi connectivity index (χ0) is 8.27. The maximum Gasteiger partial charge on any atom is 0.357 e. The minimum Gasteiger partial charge on any atom is -0.355 e. The van der Waals surface area contributed by atoms with E-state index in [2.05, 4.69) is 4.85 Å². The summed E-state index contributed by atoms with van der Waals surface area (Å²) in [6.07, 6.45) is 0.890. The summed E-state index contributed by atoms with van der Waals surface area (Å²) in [5.41, 5.74) is 0.635. The fourth-order valence-corrected chi connectivity index (χ4v) is 1.18. The molecule has 0 aliphatic carbocycles. The molecule has 0 N–H and O–H groups in total. The molecular weight excluding hydrogens is 146 g/mol. The summed E-state index contributed by atoms with van der Waals surface area (Å²) in [4.78, 5) is 13.1. The van der Waals surface area contributed by atoms with Gasteiger partial charge in [0.1, 0.15) is 6.42 Å². The highest BCUT2D eigenvalue weighted by molar-refractivity contribution is 5.84. The van der Waals surface area contributed by atoms with Gasteiger partial charge in [0, 0.05) is 7.11 Å². The first kappa shape index (κ1) is 8.40. The SMILES string of the molecule is COC1CC(=[N+]=O)CC(C)O1. The van der Waals surface area contributed by atoms with E-state index in [1.807, 2.05) is 6.92 Å². The van der Waals surface area contributed by atoms with E-state index in [4.69, 9.17) is 9.47 Å². The van der Waals surface area contributed by atoms with Gasteiger partial charge in [-0.05, 0) is 6.92 Å². The topological polar surface area (TPSA) is 49.6 Å². The van der Waals surface area contributed by atoms with E-state index in [1.165, 1.54) is 0 Å². The number of hydrogen-bond acceptors (Lipinski definition) is 3. The van der Waals surface area contributed by atoms with E-state index in [1.54, 1.807) is 7.11 Å². The molecule has 1 fully saturated rings. The molecule has 0 amide bonds. The number of ether oxygens (including phenoxy) is 2. The predicted octanol–water partition coefficient (Wildman–Crippen LogP) is 0.432. The van der Waals surface area contributed by atoms with Crippen molar-refractivity contribution < 1.29 is 9.47 Å². The Balaban J connectivity index is 2.57. The second kappa shape index (κ2) is 3.62. The van der Waals surface area contributed by atoms with Crippen LogP contribution < -0.4 is 4.85 Å². The van der Waals surface area contributed by atoms with Gasteiger partial charge in [0.05, 0.1) is 12.5 Å². The lowest BCUT2D eigenvalue weighted by atomic mass is 10.1. The van der Waals surface area contributed by atoms with Gasteiger partial charge >= 0.3 is 5.71 Å². The minimum absolute atomic E-state index is 0.0430. The molecule has 0 bridgehead atoms. The average Bonchev–Trinajstić information content (AvgIpc) is 2.03. The van der Waals surface area contributed by atoms with Crippen molar-refractivity contribution >= 4 is 5.71 Å².